The molecule has 0 radical (unpaired) electrons. The van der Waals surface area contributed by atoms with Crippen LogP contribution in [0.4, 0.5) is 4.39 Å². The lowest BCUT2D eigenvalue weighted by Gasteiger charge is -2.24. The predicted octanol–water partition coefficient (Wildman–Crippen LogP) is 4.01. The maximum atomic E-state index is 14.2. The van der Waals surface area contributed by atoms with E-state index >= 15 is 0 Å². The molecule has 146 valence electrons. The molecule has 1 saturated heterocycles. The van der Waals surface area contributed by atoms with E-state index in [1.165, 1.54) is 18.9 Å². The summed E-state index contributed by atoms with van der Waals surface area (Å²) in [5.41, 5.74) is 1.44. The van der Waals surface area contributed by atoms with Gasteiger partial charge in [-0.15, -0.1) is 0 Å². The number of hydrogen-bond donors (Lipinski definition) is 1. The minimum Gasteiger partial charge on any atom is -0.352 e. The summed E-state index contributed by atoms with van der Waals surface area (Å²) in [6.07, 6.45) is 5.08. The van der Waals surface area contributed by atoms with Gasteiger partial charge in [0.1, 0.15) is 5.82 Å². The summed E-state index contributed by atoms with van der Waals surface area (Å²) in [5.74, 6) is -0.238. The fourth-order valence-electron chi connectivity index (χ4n) is 4.44. The van der Waals surface area contributed by atoms with Crippen LogP contribution in [0.1, 0.15) is 42.5 Å². The normalized spacial score (nSPS) is 20.0. The largest absolute Gasteiger partial charge is 0.352 e. The van der Waals surface area contributed by atoms with Crippen LogP contribution in [-0.2, 0) is 4.79 Å². The Morgan fingerprint density at radius 3 is 2.46 bits per heavy atom. The summed E-state index contributed by atoms with van der Waals surface area (Å²) in [7, 11) is 0. The first-order chi connectivity index (χ1) is 13.6. The van der Waals surface area contributed by atoms with Crippen molar-refractivity contribution in [3.05, 3.63) is 59.9 Å². The van der Waals surface area contributed by atoms with Crippen molar-refractivity contribution in [2.75, 3.05) is 13.1 Å². The lowest BCUT2D eigenvalue weighted by molar-refractivity contribution is -0.129. The van der Waals surface area contributed by atoms with Gasteiger partial charge in [-0.3, -0.25) is 9.59 Å². The number of amides is 2. The molecular formula is C23H25FN2O2. The van der Waals surface area contributed by atoms with Gasteiger partial charge in [-0.2, -0.15) is 0 Å². The standard InChI is InChI=1S/C23H25FN2O2/c24-21-12-6-5-10-19(21)18-9-3-4-11-20(18)23(28)25-14-16-13-22(27)26(15-16)17-7-1-2-8-17/h3-6,9-12,16-17H,1-2,7-8,13-15H2,(H,25,28)/t16-/m1/s1. The number of likely N-dealkylation sites (tertiary alicyclic amines) is 1. The molecule has 2 fully saturated rings. The highest BCUT2D eigenvalue weighted by Gasteiger charge is 2.35. The molecule has 2 amide bonds. The van der Waals surface area contributed by atoms with Crippen LogP contribution in [0.2, 0.25) is 0 Å². The van der Waals surface area contributed by atoms with Gasteiger partial charge in [-0.1, -0.05) is 49.2 Å². The van der Waals surface area contributed by atoms with Gasteiger partial charge in [-0.05, 0) is 30.5 Å². The number of nitrogens with one attached hydrogen (secondary N) is 1. The van der Waals surface area contributed by atoms with Gasteiger partial charge in [-0.25, -0.2) is 4.39 Å². The summed E-state index contributed by atoms with van der Waals surface area (Å²) in [6.45, 7) is 1.18. The zero-order valence-electron chi connectivity index (χ0n) is 15.9. The first-order valence-corrected chi connectivity index (χ1v) is 10.0. The quantitative estimate of drug-likeness (QED) is 0.852. The van der Waals surface area contributed by atoms with Crippen molar-refractivity contribution in [2.24, 2.45) is 5.92 Å². The van der Waals surface area contributed by atoms with Crippen LogP contribution in [0.5, 0.6) is 0 Å². The zero-order valence-corrected chi connectivity index (χ0v) is 15.9. The third-order valence-electron chi connectivity index (χ3n) is 5.89. The van der Waals surface area contributed by atoms with Crippen LogP contribution < -0.4 is 5.32 Å². The van der Waals surface area contributed by atoms with Crippen molar-refractivity contribution >= 4 is 11.8 Å². The van der Waals surface area contributed by atoms with Crippen molar-refractivity contribution in [1.82, 2.24) is 10.2 Å². The summed E-state index contributed by atoms with van der Waals surface area (Å²) >= 11 is 0. The molecule has 0 unspecified atom stereocenters. The Labute approximate surface area is 164 Å². The second-order valence-corrected chi connectivity index (χ2v) is 7.79. The van der Waals surface area contributed by atoms with E-state index in [9.17, 15) is 14.0 Å². The molecule has 2 aromatic rings. The van der Waals surface area contributed by atoms with Crippen LogP contribution >= 0.6 is 0 Å². The summed E-state index contributed by atoms with van der Waals surface area (Å²) in [6, 6.07) is 13.9. The van der Waals surface area contributed by atoms with E-state index in [-0.39, 0.29) is 23.5 Å². The predicted molar refractivity (Wildman–Crippen MR) is 106 cm³/mol. The SMILES string of the molecule is O=C(NC[C@H]1CC(=O)N(C2CCCC2)C1)c1ccccc1-c1ccccc1F. The molecule has 1 saturated carbocycles. The maximum absolute atomic E-state index is 14.2. The molecule has 0 spiro atoms. The number of halogens is 1. The average Bonchev–Trinajstić information content (AvgIpc) is 3.36. The Kier molecular flexibility index (Phi) is 5.42. The second kappa shape index (κ2) is 8.13. The highest BCUT2D eigenvalue weighted by molar-refractivity contribution is 6.01. The number of rotatable bonds is 5. The third-order valence-corrected chi connectivity index (χ3v) is 5.89. The number of carbonyl (C=O) groups is 2. The van der Waals surface area contributed by atoms with E-state index in [1.807, 2.05) is 4.90 Å². The van der Waals surface area contributed by atoms with Crippen molar-refractivity contribution in [2.45, 2.75) is 38.1 Å². The van der Waals surface area contributed by atoms with E-state index in [0.717, 1.165) is 19.4 Å². The fraction of sp³-hybridized carbons (Fsp3) is 0.391. The van der Waals surface area contributed by atoms with E-state index in [4.69, 9.17) is 0 Å². The van der Waals surface area contributed by atoms with Crippen molar-refractivity contribution in [3.8, 4) is 11.1 Å². The molecule has 1 atom stereocenters. The Hall–Kier alpha value is -2.69. The summed E-state index contributed by atoms with van der Waals surface area (Å²) < 4.78 is 14.2. The first-order valence-electron chi connectivity index (χ1n) is 10.0. The number of nitrogens with zero attached hydrogens (tertiary/aromatic N) is 1. The molecule has 2 aromatic carbocycles. The number of carbonyl (C=O) groups excluding carboxylic acids is 2. The van der Waals surface area contributed by atoms with Crippen LogP contribution in [0.3, 0.4) is 0 Å². The molecule has 1 aliphatic carbocycles. The Balaban J connectivity index is 1.43. The van der Waals surface area contributed by atoms with E-state index in [2.05, 4.69) is 5.32 Å². The number of hydrogen-bond acceptors (Lipinski definition) is 2. The number of benzene rings is 2. The van der Waals surface area contributed by atoms with Crippen LogP contribution in [0.15, 0.2) is 48.5 Å². The molecular weight excluding hydrogens is 355 g/mol. The smallest absolute Gasteiger partial charge is 0.251 e. The highest BCUT2D eigenvalue weighted by atomic mass is 19.1. The molecule has 1 heterocycles. The van der Waals surface area contributed by atoms with Gasteiger partial charge in [0.05, 0.1) is 0 Å². The molecule has 0 aromatic heterocycles. The Morgan fingerprint density at radius 2 is 1.71 bits per heavy atom. The van der Waals surface area contributed by atoms with Gasteiger partial charge in [0.2, 0.25) is 5.91 Å². The van der Waals surface area contributed by atoms with Crippen molar-refractivity contribution < 1.29 is 14.0 Å². The molecule has 4 nitrogen and oxygen atoms in total. The molecule has 2 aliphatic rings. The van der Waals surface area contributed by atoms with Crippen LogP contribution in [0.25, 0.3) is 11.1 Å². The van der Waals surface area contributed by atoms with Gasteiger partial charge in [0, 0.05) is 42.6 Å². The Morgan fingerprint density at radius 1 is 1.04 bits per heavy atom. The van der Waals surface area contributed by atoms with Crippen LogP contribution in [0, 0.1) is 11.7 Å². The maximum Gasteiger partial charge on any atom is 0.251 e. The molecule has 4 rings (SSSR count). The van der Waals surface area contributed by atoms with E-state index in [0.29, 0.717) is 35.7 Å². The minimum atomic E-state index is -0.351. The van der Waals surface area contributed by atoms with Gasteiger partial charge in [0.15, 0.2) is 0 Å². The van der Waals surface area contributed by atoms with Crippen molar-refractivity contribution in [1.29, 1.82) is 0 Å². The molecule has 1 aliphatic heterocycles. The third kappa shape index (κ3) is 3.79. The first kappa shape index (κ1) is 18.7. The highest BCUT2D eigenvalue weighted by Crippen LogP contribution is 2.30. The van der Waals surface area contributed by atoms with E-state index < -0.39 is 0 Å². The lowest BCUT2D eigenvalue weighted by Crippen LogP contribution is -2.36. The summed E-state index contributed by atoms with van der Waals surface area (Å²) in [5, 5.41) is 2.96. The topological polar surface area (TPSA) is 49.4 Å². The van der Waals surface area contributed by atoms with Crippen molar-refractivity contribution in [3.63, 3.8) is 0 Å². The minimum absolute atomic E-state index is 0.137. The molecule has 0 bridgehead atoms. The summed E-state index contributed by atoms with van der Waals surface area (Å²) in [4.78, 5) is 27.1. The van der Waals surface area contributed by atoms with E-state index in [1.54, 1.807) is 42.5 Å². The van der Waals surface area contributed by atoms with Gasteiger partial charge < -0.3 is 10.2 Å². The van der Waals surface area contributed by atoms with Gasteiger partial charge >= 0.3 is 0 Å². The van der Waals surface area contributed by atoms with Gasteiger partial charge in [0.25, 0.3) is 5.91 Å². The average molecular weight is 380 g/mol. The molecule has 5 heteroatoms. The fourth-order valence-corrected chi connectivity index (χ4v) is 4.44. The molecule has 1 N–H and O–H groups in total. The van der Waals surface area contributed by atoms with Crippen LogP contribution in [-0.4, -0.2) is 35.8 Å². The second-order valence-electron chi connectivity index (χ2n) is 7.79. The lowest BCUT2D eigenvalue weighted by atomic mass is 9.98. The molecule has 28 heavy (non-hydrogen) atoms. The zero-order chi connectivity index (χ0) is 19.5. The monoisotopic (exact) mass is 380 g/mol. The Bertz CT molecular complexity index is 876.